The highest BCUT2D eigenvalue weighted by Gasteiger charge is 2.22. The van der Waals surface area contributed by atoms with Crippen molar-refractivity contribution in [3.05, 3.63) is 65.9 Å². The Morgan fingerprint density at radius 2 is 1.83 bits per heavy atom. The fourth-order valence-corrected chi connectivity index (χ4v) is 4.93. The lowest BCUT2D eigenvalue weighted by Crippen LogP contribution is -2.24. The van der Waals surface area contributed by atoms with Crippen molar-refractivity contribution in [2.45, 2.75) is 45.1 Å². The van der Waals surface area contributed by atoms with Crippen LogP contribution in [0.1, 0.15) is 31.0 Å². The molecule has 0 aliphatic carbocycles. The van der Waals surface area contributed by atoms with Gasteiger partial charge in [-0.3, -0.25) is 4.55 Å². The van der Waals surface area contributed by atoms with E-state index < -0.39 is 15.6 Å². The summed E-state index contributed by atoms with van der Waals surface area (Å²) >= 11 is 0. The van der Waals surface area contributed by atoms with Gasteiger partial charge in [-0.1, -0.05) is 12.1 Å². The van der Waals surface area contributed by atoms with Crippen LogP contribution in [0.15, 0.2) is 54.6 Å². The number of ether oxygens (including phenoxy) is 4. The van der Waals surface area contributed by atoms with Gasteiger partial charge in [-0.2, -0.15) is 8.42 Å². The van der Waals surface area contributed by atoms with Crippen molar-refractivity contribution in [2.24, 2.45) is 0 Å². The van der Waals surface area contributed by atoms with Gasteiger partial charge in [0.1, 0.15) is 12.4 Å². The van der Waals surface area contributed by atoms with E-state index in [1.807, 2.05) is 42.5 Å². The number of fused-ring (bicyclic) bond motifs is 1. The van der Waals surface area contributed by atoms with E-state index in [0.29, 0.717) is 26.0 Å². The Hall–Kier alpha value is -3.01. The van der Waals surface area contributed by atoms with Gasteiger partial charge in [0.05, 0.1) is 6.54 Å². The van der Waals surface area contributed by atoms with Gasteiger partial charge in [-0.15, -0.1) is 0 Å². The third-order valence-electron chi connectivity index (χ3n) is 5.96. The normalized spacial score (nSPS) is 13.7. The average molecular weight is 502 g/mol. The SMILES string of the molecule is CCOC(CCCc1ccc(OCCn2c(C)ccc2-c2ccc3c(c2)OCO3)cc1)S(=O)(=O)O. The predicted molar refractivity (Wildman–Crippen MR) is 133 cm³/mol. The monoisotopic (exact) mass is 501 g/mol. The summed E-state index contributed by atoms with van der Waals surface area (Å²) in [7, 11) is -4.20. The van der Waals surface area contributed by atoms with Crippen molar-refractivity contribution in [2.75, 3.05) is 20.0 Å². The summed E-state index contributed by atoms with van der Waals surface area (Å²) in [6.07, 6.45) is 1.51. The summed E-state index contributed by atoms with van der Waals surface area (Å²) in [4.78, 5) is 0. The highest BCUT2D eigenvalue weighted by Crippen LogP contribution is 2.36. The van der Waals surface area contributed by atoms with Crippen LogP contribution in [0.4, 0.5) is 0 Å². The minimum atomic E-state index is -4.20. The summed E-state index contributed by atoms with van der Waals surface area (Å²) in [5.74, 6) is 2.30. The lowest BCUT2D eigenvalue weighted by molar-refractivity contribution is 0.103. The fraction of sp³-hybridized carbons (Fsp3) is 0.385. The Morgan fingerprint density at radius 3 is 2.57 bits per heavy atom. The molecule has 35 heavy (non-hydrogen) atoms. The largest absolute Gasteiger partial charge is 0.492 e. The maximum Gasteiger partial charge on any atom is 0.292 e. The average Bonchev–Trinajstić information content (AvgIpc) is 3.45. The molecule has 0 spiro atoms. The molecule has 1 unspecified atom stereocenters. The second-order valence-electron chi connectivity index (χ2n) is 8.36. The van der Waals surface area contributed by atoms with Crippen molar-refractivity contribution in [3.8, 4) is 28.5 Å². The van der Waals surface area contributed by atoms with Gasteiger partial charge in [-0.25, -0.2) is 0 Å². The number of nitrogens with zero attached hydrogens (tertiary/aromatic N) is 1. The van der Waals surface area contributed by atoms with E-state index in [0.717, 1.165) is 39.8 Å². The minimum Gasteiger partial charge on any atom is -0.492 e. The van der Waals surface area contributed by atoms with Gasteiger partial charge in [-0.05, 0) is 81.1 Å². The molecule has 0 radical (unpaired) electrons. The van der Waals surface area contributed by atoms with E-state index in [4.69, 9.17) is 18.9 Å². The Kier molecular flexibility index (Phi) is 8.00. The quantitative estimate of drug-likeness (QED) is 0.355. The molecule has 0 saturated heterocycles. The summed E-state index contributed by atoms with van der Waals surface area (Å²) in [5.41, 5.74) is 3.19. The Labute approximate surface area is 206 Å². The third kappa shape index (κ3) is 6.36. The van der Waals surface area contributed by atoms with Crippen LogP contribution in [0.2, 0.25) is 0 Å². The summed E-state index contributed by atoms with van der Waals surface area (Å²) in [5, 5.41) is 0. The van der Waals surface area contributed by atoms with Crippen LogP contribution in [0.5, 0.6) is 17.2 Å². The zero-order valence-electron chi connectivity index (χ0n) is 20.0. The molecular formula is C26H31NO7S. The standard InChI is InChI=1S/C26H31NO7S/c1-3-31-26(35(28,29)30)6-4-5-20-8-11-22(12-9-20)32-16-15-27-19(2)7-13-23(27)21-10-14-24-25(17-21)34-18-33-24/h7-14,17,26H,3-6,15-16,18H2,1-2H3,(H,28,29,30). The molecule has 1 N–H and O–H groups in total. The van der Waals surface area contributed by atoms with Gasteiger partial charge in [0, 0.05) is 23.6 Å². The van der Waals surface area contributed by atoms with Gasteiger partial charge in [0.25, 0.3) is 10.1 Å². The van der Waals surface area contributed by atoms with Crippen LogP contribution in [0.25, 0.3) is 11.3 Å². The number of benzene rings is 2. The first-order chi connectivity index (χ1) is 16.8. The maximum atomic E-state index is 11.4. The van der Waals surface area contributed by atoms with Gasteiger partial charge in [0.2, 0.25) is 6.79 Å². The first kappa shape index (κ1) is 25.1. The molecule has 4 rings (SSSR count). The number of hydrogen-bond acceptors (Lipinski definition) is 6. The Balaban J connectivity index is 1.29. The number of rotatable bonds is 12. The van der Waals surface area contributed by atoms with E-state index in [2.05, 4.69) is 23.6 Å². The topological polar surface area (TPSA) is 96.2 Å². The Bertz CT molecular complexity index is 1240. The van der Waals surface area contributed by atoms with E-state index >= 15 is 0 Å². The highest BCUT2D eigenvalue weighted by molar-refractivity contribution is 7.86. The molecule has 2 heterocycles. The summed E-state index contributed by atoms with van der Waals surface area (Å²) in [6, 6.07) is 17.9. The molecule has 0 amide bonds. The van der Waals surface area contributed by atoms with Gasteiger partial charge < -0.3 is 23.5 Å². The molecule has 2 aromatic carbocycles. The Morgan fingerprint density at radius 1 is 1.06 bits per heavy atom. The molecule has 3 aromatic rings. The number of aromatic nitrogens is 1. The van der Waals surface area contributed by atoms with E-state index in [1.165, 1.54) is 0 Å². The molecule has 0 fully saturated rings. The molecule has 0 bridgehead atoms. The van der Waals surface area contributed by atoms with Crippen molar-refractivity contribution in [1.82, 2.24) is 4.57 Å². The summed E-state index contributed by atoms with van der Waals surface area (Å²) in [6.45, 7) is 5.47. The fourth-order valence-electron chi connectivity index (χ4n) is 4.16. The van der Waals surface area contributed by atoms with Crippen LogP contribution in [-0.2, 0) is 27.8 Å². The lowest BCUT2D eigenvalue weighted by atomic mass is 10.1. The maximum absolute atomic E-state index is 11.4. The molecule has 1 atom stereocenters. The molecule has 0 saturated carbocycles. The molecule has 9 heteroatoms. The van der Waals surface area contributed by atoms with Crippen LogP contribution in [0.3, 0.4) is 0 Å². The molecule has 1 aromatic heterocycles. The molecule has 1 aliphatic heterocycles. The molecular weight excluding hydrogens is 470 g/mol. The molecule has 8 nitrogen and oxygen atoms in total. The van der Waals surface area contributed by atoms with E-state index in [9.17, 15) is 13.0 Å². The molecule has 1 aliphatic rings. The minimum absolute atomic E-state index is 0.233. The second kappa shape index (κ2) is 11.2. The van der Waals surface area contributed by atoms with Crippen molar-refractivity contribution in [1.29, 1.82) is 0 Å². The van der Waals surface area contributed by atoms with Gasteiger partial charge >= 0.3 is 0 Å². The van der Waals surface area contributed by atoms with Crippen LogP contribution in [0, 0.1) is 6.92 Å². The highest BCUT2D eigenvalue weighted by atomic mass is 32.2. The van der Waals surface area contributed by atoms with Crippen molar-refractivity contribution < 1.29 is 31.9 Å². The van der Waals surface area contributed by atoms with Crippen LogP contribution >= 0.6 is 0 Å². The van der Waals surface area contributed by atoms with Crippen LogP contribution in [-0.4, -0.2) is 43.0 Å². The van der Waals surface area contributed by atoms with E-state index in [-0.39, 0.29) is 19.8 Å². The summed E-state index contributed by atoms with van der Waals surface area (Å²) < 4.78 is 56.2. The smallest absolute Gasteiger partial charge is 0.292 e. The van der Waals surface area contributed by atoms with Crippen LogP contribution < -0.4 is 14.2 Å². The second-order valence-corrected chi connectivity index (χ2v) is 9.92. The number of hydrogen-bond donors (Lipinski definition) is 1. The lowest BCUT2D eigenvalue weighted by Gasteiger charge is -2.14. The van der Waals surface area contributed by atoms with Crippen molar-refractivity contribution >= 4 is 10.1 Å². The first-order valence-electron chi connectivity index (χ1n) is 11.7. The third-order valence-corrected chi connectivity index (χ3v) is 7.00. The van der Waals surface area contributed by atoms with Crippen molar-refractivity contribution in [3.63, 3.8) is 0 Å². The molecule has 188 valence electrons. The number of aryl methyl sites for hydroxylation is 2. The zero-order chi connectivity index (χ0) is 24.8. The van der Waals surface area contributed by atoms with E-state index in [1.54, 1.807) is 6.92 Å². The predicted octanol–water partition coefficient (Wildman–Crippen LogP) is 4.84. The van der Waals surface area contributed by atoms with Gasteiger partial charge in [0.15, 0.2) is 16.9 Å². The first-order valence-corrected chi connectivity index (χ1v) is 13.2. The zero-order valence-corrected chi connectivity index (χ0v) is 20.8.